The maximum absolute atomic E-state index is 13.7. The number of carbonyl (C=O) groups is 1. The number of halogens is 3. The molecule has 0 aliphatic carbocycles. The van der Waals surface area contributed by atoms with Gasteiger partial charge >= 0.3 is 5.97 Å². The van der Waals surface area contributed by atoms with Crippen LogP contribution in [-0.4, -0.2) is 17.1 Å². The highest BCUT2D eigenvalue weighted by Crippen LogP contribution is 2.31. The van der Waals surface area contributed by atoms with Crippen molar-refractivity contribution in [2.24, 2.45) is 4.99 Å². The molecule has 1 atom stereocenters. The Morgan fingerprint density at radius 3 is 2.50 bits per heavy atom. The molecule has 0 saturated carbocycles. The van der Waals surface area contributed by atoms with Gasteiger partial charge in [-0.15, -0.1) is 0 Å². The van der Waals surface area contributed by atoms with Gasteiger partial charge in [-0.2, -0.15) is 0 Å². The molecule has 0 fully saturated rings. The molecular weight excluding hydrogens is 635 g/mol. The van der Waals surface area contributed by atoms with Crippen molar-refractivity contribution in [3.63, 3.8) is 0 Å². The van der Waals surface area contributed by atoms with Crippen molar-refractivity contribution in [1.29, 1.82) is 0 Å². The number of carbonyl (C=O) groups excluding carboxylic acids is 1. The van der Waals surface area contributed by atoms with Gasteiger partial charge in [-0.05, 0) is 67.4 Å². The van der Waals surface area contributed by atoms with Crippen LogP contribution in [0.15, 0.2) is 92.3 Å². The lowest BCUT2D eigenvalue weighted by Crippen LogP contribution is -2.39. The first-order valence-electron chi connectivity index (χ1n) is 12.4. The fourth-order valence-electron chi connectivity index (χ4n) is 4.36. The summed E-state index contributed by atoms with van der Waals surface area (Å²) in [4.78, 5) is 31.9. The standard InChI is InChI=1S/C30H23BrCl2N2O4S/c1-3-38-29(37)26-17(2)34-30-35(27(26)19-6-9-21(31)10-7-19)28(36)25(40-30)14-18-4-12-23(13-5-18)39-16-20-8-11-22(32)15-24(20)33/h4-15,27H,3,16H2,1-2H3/b25-14-/t27-/m1/s1. The Morgan fingerprint density at radius 1 is 1.10 bits per heavy atom. The smallest absolute Gasteiger partial charge is 0.338 e. The number of ether oxygens (including phenoxy) is 2. The van der Waals surface area contributed by atoms with E-state index in [-0.39, 0.29) is 12.2 Å². The van der Waals surface area contributed by atoms with E-state index < -0.39 is 12.0 Å². The predicted octanol–water partition coefficient (Wildman–Crippen LogP) is 6.45. The lowest BCUT2D eigenvalue weighted by Gasteiger charge is -2.24. The molecule has 10 heteroatoms. The van der Waals surface area contributed by atoms with Gasteiger partial charge in [0.1, 0.15) is 12.4 Å². The summed E-state index contributed by atoms with van der Waals surface area (Å²) in [5.41, 5.74) is 3.09. The highest BCUT2D eigenvalue weighted by molar-refractivity contribution is 9.10. The van der Waals surface area contributed by atoms with Gasteiger partial charge in [0.2, 0.25) is 0 Å². The largest absolute Gasteiger partial charge is 0.489 e. The molecule has 2 heterocycles. The summed E-state index contributed by atoms with van der Waals surface area (Å²) in [7, 11) is 0. The van der Waals surface area contributed by atoms with E-state index in [1.54, 1.807) is 30.5 Å². The minimum absolute atomic E-state index is 0.222. The topological polar surface area (TPSA) is 69.9 Å². The Labute approximate surface area is 252 Å². The molecule has 0 saturated heterocycles. The maximum atomic E-state index is 13.7. The van der Waals surface area contributed by atoms with E-state index in [2.05, 4.69) is 20.9 Å². The Hall–Kier alpha value is -3.17. The molecule has 1 aliphatic heterocycles. The van der Waals surface area contributed by atoms with Crippen LogP contribution in [0.2, 0.25) is 10.0 Å². The fraction of sp³-hybridized carbons (Fsp3) is 0.167. The van der Waals surface area contributed by atoms with Crippen molar-refractivity contribution in [3.8, 4) is 5.75 Å². The third-order valence-electron chi connectivity index (χ3n) is 6.29. The van der Waals surface area contributed by atoms with Gasteiger partial charge in [0.05, 0.1) is 28.5 Å². The van der Waals surface area contributed by atoms with E-state index in [0.717, 1.165) is 21.2 Å². The molecule has 40 heavy (non-hydrogen) atoms. The second-order valence-electron chi connectivity index (χ2n) is 8.95. The van der Waals surface area contributed by atoms with Crippen molar-refractivity contribution in [3.05, 3.63) is 129 Å². The van der Waals surface area contributed by atoms with Crippen LogP contribution in [0, 0.1) is 0 Å². The van der Waals surface area contributed by atoms with E-state index >= 15 is 0 Å². The van der Waals surface area contributed by atoms with Gasteiger partial charge < -0.3 is 9.47 Å². The molecule has 0 bridgehead atoms. The molecule has 0 unspecified atom stereocenters. The molecular formula is C30H23BrCl2N2O4S. The molecule has 0 spiro atoms. The minimum Gasteiger partial charge on any atom is -0.489 e. The molecule has 1 aromatic heterocycles. The van der Waals surface area contributed by atoms with Gasteiger partial charge in [-0.3, -0.25) is 9.36 Å². The van der Waals surface area contributed by atoms with Crippen LogP contribution in [0.25, 0.3) is 6.08 Å². The first kappa shape index (κ1) is 28.4. The van der Waals surface area contributed by atoms with Gasteiger partial charge in [0.25, 0.3) is 5.56 Å². The summed E-state index contributed by atoms with van der Waals surface area (Å²) < 4.78 is 14.2. The van der Waals surface area contributed by atoms with E-state index in [0.29, 0.717) is 43.0 Å². The first-order chi connectivity index (χ1) is 19.2. The van der Waals surface area contributed by atoms with Crippen LogP contribution in [0.4, 0.5) is 0 Å². The number of thiazole rings is 1. The predicted molar refractivity (Wildman–Crippen MR) is 162 cm³/mol. The number of benzene rings is 3. The van der Waals surface area contributed by atoms with Crippen molar-refractivity contribution in [1.82, 2.24) is 4.57 Å². The lowest BCUT2D eigenvalue weighted by molar-refractivity contribution is -0.139. The Morgan fingerprint density at radius 2 is 1.82 bits per heavy atom. The third-order valence-corrected chi connectivity index (χ3v) is 8.39. The summed E-state index contributed by atoms with van der Waals surface area (Å²) in [5, 5.41) is 1.11. The van der Waals surface area contributed by atoms with Crippen LogP contribution in [-0.2, 0) is 16.1 Å². The Balaban J connectivity index is 1.48. The number of hydrogen-bond acceptors (Lipinski definition) is 6. The summed E-state index contributed by atoms with van der Waals surface area (Å²) in [6.07, 6.45) is 1.81. The number of fused-ring (bicyclic) bond motifs is 1. The first-order valence-corrected chi connectivity index (χ1v) is 14.7. The van der Waals surface area contributed by atoms with Gasteiger partial charge in [0.15, 0.2) is 4.80 Å². The number of allylic oxidation sites excluding steroid dienone is 1. The van der Waals surface area contributed by atoms with Crippen LogP contribution in [0.1, 0.15) is 36.6 Å². The highest BCUT2D eigenvalue weighted by atomic mass is 79.9. The third kappa shape index (κ3) is 5.95. The Bertz CT molecular complexity index is 1800. The van der Waals surface area contributed by atoms with Crippen LogP contribution in [0.5, 0.6) is 5.75 Å². The second-order valence-corrected chi connectivity index (χ2v) is 11.7. The van der Waals surface area contributed by atoms with Gasteiger partial charge in [0, 0.05) is 20.1 Å². The molecule has 0 amide bonds. The van der Waals surface area contributed by atoms with Crippen molar-refractivity contribution >= 4 is 62.5 Å². The number of hydrogen-bond donors (Lipinski definition) is 0. The maximum Gasteiger partial charge on any atom is 0.338 e. The van der Waals surface area contributed by atoms with E-state index in [9.17, 15) is 9.59 Å². The summed E-state index contributed by atoms with van der Waals surface area (Å²) >= 11 is 16.9. The number of nitrogens with zero attached hydrogens (tertiary/aromatic N) is 2. The highest BCUT2D eigenvalue weighted by Gasteiger charge is 2.33. The SMILES string of the molecule is CCOC(=O)C1=C(C)N=c2s/c(=C\c3ccc(OCc4ccc(Cl)cc4Cl)cc3)c(=O)n2[C@@H]1c1ccc(Br)cc1. The lowest BCUT2D eigenvalue weighted by atomic mass is 9.96. The van der Waals surface area contributed by atoms with Crippen LogP contribution >= 0.6 is 50.5 Å². The number of esters is 1. The average molecular weight is 658 g/mol. The zero-order chi connectivity index (χ0) is 28.4. The summed E-state index contributed by atoms with van der Waals surface area (Å²) in [6, 6.07) is 19.6. The minimum atomic E-state index is -0.652. The summed E-state index contributed by atoms with van der Waals surface area (Å²) in [5.74, 6) is 0.177. The monoisotopic (exact) mass is 656 g/mol. The van der Waals surface area contributed by atoms with Gasteiger partial charge in [-0.1, -0.05) is 80.8 Å². The van der Waals surface area contributed by atoms with Crippen LogP contribution in [0.3, 0.4) is 0 Å². The van der Waals surface area contributed by atoms with Gasteiger partial charge in [-0.25, -0.2) is 9.79 Å². The molecule has 4 aromatic rings. The van der Waals surface area contributed by atoms with Crippen LogP contribution < -0.4 is 19.6 Å². The number of aromatic nitrogens is 1. The van der Waals surface area contributed by atoms with E-state index in [1.807, 2.05) is 60.7 Å². The normalized spacial score (nSPS) is 15.0. The number of rotatable bonds is 7. The zero-order valence-corrected chi connectivity index (χ0v) is 25.4. The fourth-order valence-corrected chi connectivity index (χ4v) is 6.14. The molecule has 204 valence electrons. The quantitative estimate of drug-likeness (QED) is 0.214. The molecule has 0 radical (unpaired) electrons. The molecule has 0 N–H and O–H groups in total. The molecule has 5 rings (SSSR count). The van der Waals surface area contributed by atoms with E-state index in [4.69, 9.17) is 32.7 Å². The average Bonchev–Trinajstić information content (AvgIpc) is 3.23. The van der Waals surface area contributed by atoms with Crippen molar-refractivity contribution in [2.45, 2.75) is 26.5 Å². The summed E-state index contributed by atoms with van der Waals surface area (Å²) in [6.45, 7) is 4.04. The molecule has 6 nitrogen and oxygen atoms in total. The van der Waals surface area contributed by atoms with E-state index in [1.165, 1.54) is 11.3 Å². The zero-order valence-electron chi connectivity index (χ0n) is 21.5. The molecule has 3 aromatic carbocycles. The Kier molecular flexibility index (Phi) is 8.61. The second kappa shape index (κ2) is 12.1. The molecule has 1 aliphatic rings. The van der Waals surface area contributed by atoms with Crippen molar-refractivity contribution in [2.75, 3.05) is 6.61 Å². The van der Waals surface area contributed by atoms with Crippen molar-refractivity contribution < 1.29 is 14.3 Å².